The van der Waals surface area contributed by atoms with Gasteiger partial charge in [0.1, 0.15) is 5.82 Å². The summed E-state index contributed by atoms with van der Waals surface area (Å²) in [6.07, 6.45) is 1.67. The molecule has 8 heavy (non-hydrogen) atoms. The Bertz CT molecular complexity index is 173. The van der Waals surface area contributed by atoms with E-state index in [1.54, 1.807) is 6.20 Å². The van der Waals surface area contributed by atoms with Gasteiger partial charge in [-0.05, 0) is 6.92 Å². The second-order valence-corrected chi connectivity index (χ2v) is 2.08. The Kier molecular flexibility index (Phi) is 1.18. The van der Waals surface area contributed by atoms with Gasteiger partial charge in [-0.15, -0.1) is 0 Å². The molecule has 2 nitrogen and oxygen atoms in total. The lowest BCUT2D eigenvalue weighted by molar-refractivity contribution is 1.39. The largest absolute Gasteiger partial charge is 0.385 e. The van der Waals surface area contributed by atoms with Crippen LogP contribution in [0.15, 0.2) is 6.20 Å². The summed E-state index contributed by atoms with van der Waals surface area (Å²) in [7, 11) is 0. The Balaban J connectivity index is 3.19. The predicted octanol–water partition coefficient (Wildman–Crippen LogP) is 1.56. The SMILES string of the molecule is Cc1c(Cl)c[nH]c1N. The van der Waals surface area contributed by atoms with Crippen LogP contribution in [-0.4, -0.2) is 4.98 Å². The van der Waals surface area contributed by atoms with Gasteiger partial charge in [0.25, 0.3) is 0 Å². The summed E-state index contributed by atoms with van der Waals surface area (Å²) < 4.78 is 0. The first kappa shape index (κ1) is 5.51. The van der Waals surface area contributed by atoms with Crippen LogP contribution in [-0.2, 0) is 0 Å². The fraction of sp³-hybridized carbons (Fsp3) is 0.200. The molecule has 0 atom stereocenters. The molecule has 0 aromatic carbocycles. The van der Waals surface area contributed by atoms with E-state index >= 15 is 0 Å². The standard InChI is InChI=1S/C5H7ClN2/c1-3-4(6)2-8-5(3)7/h2,8H,7H2,1H3. The van der Waals surface area contributed by atoms with Crippen molar-refractivity contribution in [3.05, 3.63) is 16.8 Å². The number of hydrogen-bond acceptors (Lipinski definition) is 1. The lowest BCUT2D eigenvalue weighted by Crippen LogP contribution is -1.84. The number of H-pyrrole nitrogens is 1. The summed E-state index contributed by atoms with van der Waals surface area (Å²) in [5, 5.41) is 0.697. The van der Waals surface area contributed by atoms with Crippen LogP contribution in [0.5, 0.6) is 0 Å². The zero-order chi connectivity index (χ0) is 6.15. The summed E-state index contributed by atoms with van der Waals surface area (Å²) >= 11 is 5.62. The molecule has 0 aliphatic rings. The van der Waals surface area contributed by atoms with E-state index < -0.39 is 0 Å². The second-order valence-electron chi connectivity index (χ2n) is 1.68. The minimum absolute atomic E-state index is 0.648. The Hall–Kier alpha value is -0.630. The van der Waals surface area contributed by atoms with Crippen LogP contribution in [0.3, 0.4) is 0 Å². The summed E-state index contributed by atoms with van der Waals surface area (Å²) in [6.45, 7) is 1.87. The lowest BCUT2D eigenvalue weighted by atomic mass is 10.4. The topological polar surface area (TPSA) is 41.8 Å². The Morgan fingerprint density at radius 2 is 2.38 bits per heavy atom. The van der Waals surface area contributed by atoms with Crippen LogP contribution in [0, 0.1) is 6.92 Å². The lowest BCUT2D eigenvalue weighted by Gasteiger charge is -1.85. The Labute approximate surface area is 52.6 Å². The van der Waals surface area contributed by atoms with Crippen molar-refractivity contribution in [1.29, 1.82) is 0 Å². The molecule has 0 amide bonds. The van der Waals surface area contributed by atoms with E-state index in [1.165, 1.54) is 0 Å². The number of halogens is 1. The van der Waals surface area contributed by atoms with E-state index in [0.29, 0.717) is 10.8 Å². The van der Waals surface area contributed by atoms with Crippen molar-refractivity contribution in [3.63, 3.8) is 0 Å². The van der Waals surface area contributed by atoms with E-state index in [-0.39, 0.29) is 0 Å². The van der Waals surface area contributed by atoms with Crippen molar-refractivity contribution in [3.8, 4) is 0 Å². The smallest absolute Gasteiger partial charge is 0.105 e. The van der Waals surface area contributed by atoms with Gasteiger partial charge in [0.2, 0.25) is 0 Å². The van der Waals surface area contributed by atoms with Crippen LogP contribution in [0.4, 0.5) is 5.82 Å². The second kappa shape index (κ2) is 1.71. The van der Waals surface area contributed by atoms with Crippen LogP contribution in [0.2, 0.25) is 5.02 Å². The molecule has 0 aliphatic heterocycles. The Morgan fingerprint density at radius 1 is 1.75 bits per heavy atom. The zero-order valence-corrected chi connectivity index (χ0v) is 5.29. The van der Waals surface area contributed by atoms with Gasteiger partial charge in [-0.25, -0.2) is 0 Å². The number of aromatic nitrogens is 1. The van der Waals surface area contributed by atoms with Crippen LogP contribution in [0.25, 0.3) is 0 Å². The molecule has 0 aliphatic carbocycles. The van der Waals surface area contributed by atoms with E-state index in [4.69, 9.17) is 17.3 Å². The molecule has 1 aromatic heterocycles. The number of rotatable bonds is 0. The summed E-state index contributed by atoms with van der Waals surface area (Å²) in [6, 6.07) is 0. The highest BCUT2D eigenvalue weighted by atomic mass is 35.5. The molecule has 0 radical (unpaired) electrons. The normalized spacial score (nSPS) is 9.75. The van der Waals surface area contributed by atoms with Gasteiger partial charge in [0.05, 0.1) is 5.02 Å². The molecule has 0 unspecified atom stereocenters. The summed E-state index contributed by atoms with van der Waals surface area (Å²) in [4.78, 5) is 2.78. The van der Waals surface area contributed by atoms with E-state index in [2.05, 4.69) is 4.98 Å². The highest BCUT2D eigenvalue weighted by molar-refractivity contribution is 6.31. The molecule has 0 saturated heterocycles. The third-order valence-electron chi connectivity index (χ3n) is 1.12. The number of aromatic amines is 1. The quantitative estimate of drug-likeness (QED) is 0.550. The number of nitrogens with one attached hydrogen (secondary N) is 1. The molecule has 1 aromatic rings. The van der Waals surface area contributed by atoms with Crippen molar-refractivity contribution in [2.45, 2.75) is 6.92 Å². The van der Waals surface area contributed by atoms with Gasteiger partial charge in [-0.3, -0.25) is 0 Å². The number of nitrogens with two attached hydrogens (primary N) is 1. The molecule has 0 bridgehead atoms. The maximum Gasteiger partial charge on any atom is 0.105 e. The molecular weight excluding hydrogens is 124 g/mol. The first-order valence-corrected chi connectivity index (χ1v) is 2.68. The van der Waals surface area contributed by atoms with Gasteiger partial charge in [-0.1, -0.05) is 11.6 Å². The van der Waals surface area contributed by atoms with E-state index in [1.807, 2.05) is 6.92 Å². The molecule has 1 heterocycles. The minimum atomic E-state index is 0.648. The highest BCUT2D eigenvalue weighted by Gasteiger charge is 1.97. The maximum atomic E-state index is 5.62. The van der Waals surface area contributed by atoms with Gasteiger partial charge in [0.15, 0.2) is 0 Å². The average molecular weight is 131 g/mol. The fourth-order valence-electron chi connectivity index (χ4n) is 0.486. The van der Waals surface area contributed by atoms with Crippen LogP contribution < -0.4 is 5.73 Å². The van der Waals surface area contributed by atoms with Gasteiger partial charge >= 0.3 is 0 Å². The van der Waals surface area contributed by atoms with Gasteiger partial charge in [0, 0.05) is 11.8 Å². The predicted molar refractivity (Wildman–Crippen MR) is 35.0 cm³/mol. The summed E-state index contributed by atoms with van der Waals surface area (Å²) in [5.74, 6) is 0.648. The minimum Gasteiger partial charge on any atom is -0.385 e. The highest BCUT2D eigenvalue weighted by Crippen LogP contribution is 2.18. The number of nitrogen functional groups attached to an aromatic ring is 1. The average Bonchev–Trinajstić information content (AvgIpc) is 1.98. The van der Waals surface area contributed by atoms with Crippen molar-refractivity contribution in [1.82, 2.24) is 4.98 Å². The summed E-state index contributed by atoms with van der Waals surface area (Å²) in [5.41, 5.74) is 6.32. The van der Waals surface area contributed by atoms with Crippen molar-refractivity contribution < 1.29 is 0 Å². The van der Waals surface area contributed by atoms with E-state index in [9.17, 15) is 0 Å². The van der Waals surface area contributed by atoms with E-state index in [0.717, 1.165) is 5.56 Å². The fourth-order valence-corrected chi connectivity index (χ4v) is 0.643. The molecule has 0 spiro atoms. The monoisotopic (exact) mass is 130 g/mol. The number of anilines is 1. The maximum absolute atomic E-state index is 5.62. The third-order valence-corrected chi connectivity index (χ3v) is 1.51. The molecule has 0 fully saturated rings. The zero-order valence-electron chi connectivity index (χ0n) is 4.53. The molecule has 1 rings (SSSR count). The third kappa shape index (κ3) is 0.670. The molecule has 3 heteroatoms. The van der Waals surface area contributed by atoms with Crippen LogP contribution >= 0.6 is 11.6 Å². The first-order valence-electron chi connectivity index (χ1n) is 2.31. The molecular formula is C5H7ClN2. The van der Waals surface area contributed by atoms with Gasteiger partial charge in [-0.2, -0.15) is 0 Å². The van der Waals surface area contributed by atoms with Crippen LogP contribution in [0.1, 0.15) is 5.56 Å². The number of hydrogen-bond donors (Lipinski definition) is 2. The first-order chi connectivity index (χ1) is 3.72. The molecule has 3 N–H and O–H groups in total. The van der Waals surface area contributed by atoms with Crippen molar-refractivity contribution >= 4 is 17.4 Å². The van der Waals surface area contributed by atoms with Crippen molar-refractivity contribution in [2.24, 2.45) is 0 Å². The van der Waals surface area contributed by atoms with Gasteiger partial charge < -0.3 is 10.7 Å². The molecule has 0 saturated carbocycles. The Morgan fingerprint density at radius 3 is 2.50 bits per heavy atom. The van der Waals surface area contributed by atoms with Crippen molar-refractivity contribution in [2.75, 3.05) is 5.73 Å². The molecule has 44 valence electrons.